The van der Waals surface area contributed by atoms with Gasteiger partial charge in [0.25, 0.3) is 5.91 Å². The highest BCUT2D eigenvalue weighted by Gasteiger charge is 2.18. The van der Waals surface area contributed by atoms with Crippen molar-refractivity contribution in [1.29, 1.82) is 0 Å². The van der Waals surface area contributed by atoms with E-state index in [0.29, 0.717) is 12.0 Å². The highest BCUT2D eigenvalue weighted by Crippen LogP contribution is 2.15. The van der Waals surface area contributed by atoms with Gasteiger partial charge in [-0.15, -0.1) is 0 Å². The Balaban J connectivity index is 2.24. The maximum absolute atomic E-state index is 12.0. The van der Waals surface area contributed by atoms with Crippen molar-refractivity contribution in [1.82, 2.24) is 5.32 Å². The van der Waals surface area contributed by atoms with Gasteiger partial charge in [0.1, 0.15) is 6.04 Å². The molecule has 0 unspecified atom stereocenters. The summed E-state index contributed by atoms with van der Waals surface area (Å²) in [5.41, 5.74) is 0.471. The molecule has 2 rings (SSSR count). The van der Waals surface area contributed by atoms with Gasteiger partial charge >= 0.3 is 5.97 Å². The highest BCUT2D eigenvalue weighted by molar-refractivity contribution is 6.00. The highest BCUT2D eigenvalue weighted by atomic mass is 16.4. The Labute approximate surface area is 111 Å². The Morgan fingerprint density at radius 1 is 1.16 bits per heavy atom. The van der Waals surface area contributed by atoms with E-state index in [-0.39, 0.29) is 5.91 Å². The van der Waals surface area contributed by atoms with E-state index in [4.69, 9.17) is 5.11 Å². The topological polar surface area (TPSA) is 66.4 Å². The zero-order valence-electron chi connectivity index (χ0n) is 10.6. The van der Waals surface area contributed by atoms with Crippen LogP contribution < -0.4 is 5.32 Å². The first-order chi connectivity index (χ1) is 9.11. The molecule has 0 saturated carbocycles. The summed E-state index contributed by atoms with van der Waals surface area (Å²) < 4.78 is 0. The molecule has 4 nitrogen and oxygen atoms in total. The number of fused-ring (bicyclic) bond motifs is 1. The predicted molar refractivity (Wildman–Crippen MR) is 73.1 cm³/mol. The number of amides is 1. The molecule has 1 atom stereocenters. The van der Waals surface area contributed by atoms with Crippen LogP contribution in [0.5, 0.6) is 0 Å². The summed E-state index contributed by atoms with van der Waals surface area (Å²) in [6.07, 6.45) is 0.356. The summed E-state index contributed by atoms with van der Waals surface area (Å²) in [6, 6.07) is 12.2. The molecule has 2 N–H and O–H groups in total. The Bertz CT molecular complexity index is 622. The molecule has 2 aromatic carbocycles. The van der Waals surface area contributed by atoms with Gasteiger partial charge in [-0.25, -0.2) is 4.79 Å². The molecule has 0 aliphatic heterocycles. The summed E-state index contributed by atoms with van der Waals surface area (Å²) in [5.74, 6) is -1.38. The molecule has 0 heterocycles. The first-order valence-corrected chi connectivity index (χ1v) is 6.14. The third-order valence-electron chi connectivity index (χ3n) is 3.02. The van der Waals surface area contributed by atoms with Crippen molar-refractivity contribution >= 4 is 22.6 Å². The first kappa shape index (κ1) is 13.1. The van der Waals surface area contributed by atoms with E-state index in [9.17, 15) is 9.59 Å². The predicted octanol–water partition coefficient (Wildman–Crippen LogP) is 2.43. The largest absolute Gasteiger partial charge is 0.480 e. The Morgan fingerprint density at radius 2 is 1.84 bits per heavy atom. The van der Waals surface area contributed by atoms with E-state index in [0.717, 1.165) is 10.8 Å². The Kier molecular flexibility index (Phi) is 3.80. The standard InChI is InChI=1S/C15H15NO3/c1-2-13(15(18)19)16-14(17)12-8-7-10-5-3-4-6-11(10)9-12/h3-9,13H,2H2,1H3,(H,16,17)(H,18,19)/t13-/m1/s1. The van der Waals surface area contributed by atoms with Crippen molar-refractivity contribution in [3.8, 4) is 0 Å². The molecule has 98 valence electrons. The van der Waals surface area contributed by atoms with Crippen molar-refractivity contribution in [2.45, 2.75) is 19.4 Å². The van der Waals surface area contributed by atoms with E-state index in [2.05, 4.69) is 5.32 Å². The van der Waals surface area contributed by atoms with Crippen molar-refractivity contribution in [2.75, 3.05) is 0 Å². The lowest BCUT2D eigenvalue weighted by atomic mass is 10.1. The number of rotatable bonds is 4. The average Bonchev–Trinajstić information content (AvgIpc) is 2.43. The lowest BCUT2D eigenvalue weighted by molar-refractivity contribution is -0.139. The van der Waals surface area contributed by atoms with Crippen LogP contribution in [0.25, 0.3) is 10.8 Å². The number of carboxylic acid groups (broad SMARTS) is 1. The van der Waals surface area contributed by atoms with Crippen LogP contribution in [0, 0.1) is 0 Å². The van der Waals surface area contributed by atoms with E-state index >= 15 is 0 Å². The molecule has 0 aromatic heterocycles. The van der Waals surface area contributed by atoms with Gasteiger partial charge in [0.15, 0.2) is 0 Å². The van der Waals surface area contributed by atoms with Gasteiger partial charge < -0.3 is 10.4 Å². The number of carboxylic acids is 1. The minimum absolute atomic E-state index is 0.356. The minimum atomic E-state index is -1.02. The number of aliphatic carboxylic acids is 1. The number of nitrogens with one attached hydrogen (secondary N) is 1. The molecule has 19 heavy (non-hydrogen) atoms. The number of hydrogen-bond donors (Lipinski definition) is 2. The Hall–Kier alpha value is -2.36. The minimum Gasteiger partial charge on any atom is -0.480 e. The van der Waals surface area contributed by atoms with Crippen molar-refractivity contribution in [2.24, 2.45) is 0 Å². The number of carbonyl (C=O) groups excluding carboxylic acids is 1. The smallest absolute Gasteiger partial charge is 0.326 e. The van der Waals surface area contributed by atoms with Crippen LogP contribution in [0.2, 0.25) is 0 Å². The SMILES string of the molecule is CC[C@@H](NC(=O)c1ccc2ccccc2c1)C(=O)O. The van der Waals surface area contributed by atoms with Crippen LogP contribution in [-0.4, -0.2) is 23.0 Å². The van der Waals surface area contributed by atoms with E-state index in [1.165, 1.54) is 0 Å². The van der Waals surface area contributed by atoms with Crippen LogP contribution in [-0.2, 0) is 4.79 Å². The maximum Gasteiger partial charge on any atom is 0.326 e. The third-order valence-corrected chi connectivity index (χ3v) is 3.02. The van der Waals surface area contributed by atoms with Gasteiger partial charge in [0, 0.05) is 5.56 Å². The summed E-state index contributed by atoms with van der Waals surface area (Å²) in [4.78, 5) is 22.9. The second kappa shape index (κ2) is 5.52. The molecule has 4 heteroatoms. The molecule has 0 bridgehead atoms. The molecule has 0 spiro atoms. The number of benzene rings is 2. The van der Waals surface area contributed by atoms with Gasteiger partial charge in [-0.05, 0) is 29.3 Å². The molecule has 1 amide bonds. The summed E-state index contributed by atoms with van der Waals surface area (Å²) in [6.45, 7) is 1.72. The third kappa shape index (κ3) is 2.91. The quantitative estimate of drug-likeness (QED) is 0.884. The molecular formula is C15H15NO3. The molecular weight excluding hydrogens is 242 g/mol. The Morgan fingerprint density at radius 3 is 2.47 bits per heavy atom. The fourth-order valence-corrected chi connectivity index (χ4v) is 1.91. The molecule has 0 radical (unpaired) electrons. The van der Waals surface area contributed by atoms with Crippen molar-refractivity contribution in [3.63, 3.8) is 0 Å². The van der Waals surface area contributed by atoms with E-state index in [1.807, 2.05) is 30.3 Å². The van der Waals surface area contributed by atoms with Crippen LogP contribution in [0.4, 0.5) is 0 Å². The van der Waals surface area contributed by atoms with Crippen LogP contribution in [0.3, 0.4) is 0 Å². The van der Waals surface area contributed by atoms with Gasteiger partial charge in [0.05, 0.1) is 0 Å². The van der Waals surface area contributed by atoms with E-state index in [1.54, 1.807) is 19.1 Å². The van der Waals surface area contributed by atoms with Crippen LogP contribution in [0.15, 0.2) is 42.5 Å². The fraction of sp³-hybridized carbons (Fsp3) is 0.200. The maximum atomic E-state index is 12.0. The molecule has 0 fully saturated rings. The summed E-state index contributed by atoms with van der Waals surface area (Å²) >= 11 is 0. The van der Waals surface area contributed by atoms with Gasteiger partial charge in [-0.1, -0.05) is 37.3 Å². The zero-order chi connectivity index (χ0) is 13.8. The van der Waals surface area contributed by atoms with Crippen LogP contribution in [0.1, 0.15) is 23.7 Å². The normalized spacial score (nSPS) is 12.1. The molecule has 2 aromatic rings. The lowest BCUT2D eigenvalue weighted by Gasteiger charge is -2.12. The van der Waals surface area contributed by atoms with Crippen molar-refractivity contribution < 1.29 is 14.7 Å². The van der Waals surface area contributed by atoms with Crippen LogP contribution >= 0.6 is 0 Å². The second-order valence-corrected chi connectivity index (χ2v) is 4.33. The monoisotopic (exact) mass is 257 g/mol. The van der Waals surface area contributed by atoms with Gasteiger partial charge in [-0.2, -0.15) is 0 Å². The van der Waals surface area contributed by atoms with Crippen molar-refractivity contribution in [3.05, 3.63) is 48.0 Å². The lowest BCUT2D eigenvalue weighted by Crippen LogP contribution is -2.40. The van der Waals surface area contributed by atoms with E-state index < -0.39 is 12.0 Å². The average molecular weight is 257 g/mol. The molecule has 0 aliphatic rings. The van der Waals surface area contributed by atoms with Gasteiger partial charge in [-0.3, -0.25) is 4.79 Å². The zero-order valence-corrected chi connectivity index (χ0v) is 10.6. The number of carbonyl (C=O) groups is 2. The molecule has 0 saturated heterocycles. The molecule has 0 aliphatic carbocycles. The summed E-state index contributed by atoms with van der Waals surface area (Å²) in [7, 11) is 0. The summed E-state index contributed by atoms with van der Waals surface area (Å²) in [5, 5.41) is 13.4. The first-order valence-electron chi connectivity index (χ1n) is 6.14. The second-order valence-electron chi connectivity index (χ2n) is 4.33. The number of hydrogen-bond acceptors (Lipinski definition) is 2. The fourth-order valence-electron chi connectivity index (χ4n) is 1.91. The van der Waals surface area contributed by atoms with Gasteiger partial charge in [0.2, 0.25) is 0 Å².